The van der Waals surface area contributed by atoms with Crippen LogP contribution in [0.4, 0.5) is 0 Å². The Labute approximate surface area is 124 Å². The van der Waals surface area contributed by atoms with Gasteiger partial charge in [-0.2, -0.15) is 0 Å². The second-order valence-corrected chi connectivity index (χ2v) is 5.53. The maximum absolute atomic E-state index is 6.11. The zero-order chi connectivity index (χ0) is 13.8. The molecule has 2 aromatic carbocycles. The molecule has 0 aromatic heterocycles. The molecule has 0 spiro atoms. The van der Waals surface area contributed by atoms with Crippen LogP contribution in [0.25, 0.3) is 0 Å². The van der Waals surface area contributed by atoms with Crippen molar-refractivity contribution in [2.75, 3.05) is 6.54 Å². The van der Waals surface area contributed by atoms with Gasteiger partial charge in [-0.15, -0.1) is 0 Å². The van der Waals surface area contributed by atoms with Crippen LogP contribution in [0.15, 0.2) is 42.5 Å². The van der Waals surface area contributed by atoms with Gasteiger partial charge in [0.2, 0.25) is 0 Å². The van der Waals surface area contributed by atoms with Crippen molar-refractivity contribution in [1.82, 2.24) is 0 Å². The number of hydrogen-bond acceptors (Lipinski definition) is 1. The van der Waals surface area contributed by atoms with Gasteiger partial charge in [0.05, 0.1) is 10.0 Å². The molecule has 2 aromatic rings. The molecule has 1 nitrogen and oxygen atoms in total. The van der Waals surface area contributed by atoms with E-state index in [1.807, 2.05) is 18.2 Å². The van der Waals surface area contributed by atoms with E-state index < -0.39 is 0 Å². The Hall–Kier alpha value is -1.02. The molecule has 0 bridgehead atoms. The lowest BCUT2D eigenvalue weighted by atomic mass is 9.88. The standard InChI is InChI=1S/C16H17Cl2N/c1-11-2-4-12(5-3-11)14(8-9-19)13-6-7-15(17)16(18)10-13/h2-7,10,14H,8-9,19H2,1H3. The van der Waals surface area contributed by atoms with Gasteiger partial charge in [0.15, 0.2) is 0 Å². The predicted molar refractivity (Wildman–Crippen MR) is 83.2 cm³/mol. The summed E-state index contributed by atoms with van der Waals surface area (Å²) < 4.78 is 0. The van der Waals surface area contributed by atoms with Gasteiger partial charge < -0.3 is 5.73 Å². The van der Waals surface area contributed by atoms with E-state index in [0.717, 1.165) is 12.0 Å². The van der Waals surface area contributed by atoms with Crippen molar-refractivity contribution in [3.8, 4) is 0 Å². The zero-order valence-corrected chi connectivity index (χ0v) is 12.4. The van der Waals surface area contributed by atoms with Gasteiger partial charge in [-0.1, -0.05) is 59.1 Å². The molecule has 0 aliphatic carbocycles. The molecule has 2 rings (SSSR count). The van der Waals surface area contributed by atoms with E-state index in [0.29, 0.717) is 16.6 Å². The maximum Gasteiger partial charge on any atom is 0.0595 e. The van der Waals surface area contributed by atoms with Crippen LogP contribution >= 0.6 is 23.2 Å². The van der Waals surface area contributed by atoms with Crippen molar-refractivity contribution in [3.05, 3.63) is 69.2 Å². The molecular formula is C16H17Cl2N. The van der Waals surface area contributed by atoms with Crippen molar-refractivity contribution in [1.29, 1.82) is 0 Å². The Bertz CT molecular complexity index is 549. The van der Waals surface area contributed by atoms with E-state index >= 15 is 0 Å². The minimum Gasteiger partial charge on any atom is -0.330 e. The van der Waals surface area contributed by atoms with E-state index in [1.165, 1.54) is 11.1 Å². The first-order chi connectivity index (χ1) is 9.11. The van der Waals surface area contributed by atoms with Gasteiger partial charge in [0, 0.05) is 5.92 Å². The van der Waals surface area contributed by atoms with E-state index in [1.54, 1.807) is 0 Å². The lowest BCUT2D eigenvalue weighted by molar-refractivity contribution is 0.726. The summed E-state index contributed by atoms with van der Waals surface area (Å²) in [5.74, 6) is 0.264. The van der Waals surface area contributed by atoms with Crippen LogP contribution in [-0.4, -0.2) is 6.54 Å². The molecule has 1 atom stereocenters. The lowest BCUT2D eigenvalue weighted by Crippen LogP contribution is -2.09. The number of rotatable bonds is 4. The molecule has 0 fully saturated rings. The highest BCUT2D eigenvalue weighted by atomic mass is 35.5. The topological polar surface area (TPSA) is 26.0 Å². The summed E-state index contributed by atoms with van der Waals surface area (Å²) in [5, 5.41) is 1.18. The first-order valence-electron chi connectivity index (χ1n) is 6.33. The molecule has 0 aliphatic heterocycles. The van der Waals surface area contributed by atoms with Crippen LogP contribution in [-0.2, 0) is 0 Å². The van der Waals surface area contributed by atoms with Gasteiger partial charge in [0.25, 0.3) is 0 Å². The lowest BCUT2D eigenvalue weighted by Gasteiger charge is -2.18. The van der Waals surface area contributed by atoms with Gasteiger partial charge in [-0.3, -0.25) is 0 Å². The van der Waals surface area contributed by atoms with Crippen LogP contribution in [0.2, 0.25) is 10.0 Å². The van der Waals surface area contributed by atoms with Crippen molar-refractivity contribution < 1.29 is 0 Å². The molecule has 3 heteroatoms. The summed E-state index contributed by atoms with van der Waals surface area (Å²) in [5.41, 5.74) is 9.41. The fraction of sp³-hybridized carbons (Fsp3) is 0.250. The van der Waals surface area contributed by atoms with Crippen LogP contribution < -0.4 is 5.73 Å². The summed E-state index contributed by atoms with van der Waals surface area (Å²) in [6.07, 6.45) is 0.890. The van der Waals surface area contributed by atoms with E-state index in [9.17, 15) is 0 Å². The Morgan fingerprint density at radius 1 is 0.947 bits per heavy atom. The predicted octanol–water partition coefficient (Wildman–Crippen LogP) is 4.78. The molecular weight excluding hydrogens is 277 g/mol. The molecule has 100 valence electrons. The Morgan fingerprint density at radius 3 is 2.16 bits per heavy atom. The van der Waals surface area contributed by atoms with Gasteiger partial charge >= 0.3 is 0 Å². The van der Waals surface area contributed by atoms with E-state index in [2.05, 4.69) is 31.2 Å². The average Bonchev–Trinajstić information content (AvgIpc) is 2.41. The normalized spacial score (nSPS) is 12.4. The number of hydrogen-bond donors (Lipinski definition) is 1. The summed E-state index contributed by atoms with van der Waals surface area (Å²) in [7, 11) is 0. The average molecular weight is 294 g/mol. The molecule has 0 amide bonds. The quantitative estimate of drug-likeness (QED) is 0.862. The summed E-state index contributed by atoms with van der Waals surface area (Å²) in [4.78, 5) is 0. The van der Waals surface area contributed by atoms with Gasteiger partial charge in [-0.05, 0) is 43.1 Å². The third-order valence-electron chi connectivity index (χ3n) is 3.28. The van der Waals surface area contributed by atoms with Crippen LogP contribution in [0, 0.1) is 6.92 Å². The van der Waals surface area contributed by atoms with Crippen molar-refractivity contribution in [2.45, 2.75) is 19.3 Å². The van der Waals surface area contributed by atoms with Crippen LogP contribution in [0.5, 0.6) is 0 Å². The Balaban J connectivity index is 2.38. The fourth-order valence-electron chi connectivity index (χ4n) is 2.22. The molecule has 1 unspecified atom stereocenters. The molecule has 0 saturated heterocycles. The third-order valence-corrected chi connectivity index (χ3v) is 4.02. The zero-order valence-electron chi connectivity index (χ0n) is 10.9. The Morgan fingerprint density at radius 2 is 1.58 bits per heavy atom. The number of nitrogens with two attached hydrogens (primary N) is 1. The minimum absolute atomic E-state index is 0.264. The molecule has 19 heavy (non-hydrogen) atoms. The fourth-order valence-corrected chi connectivity index (χ4v) is 2.53. The number of halogens is 2. The van der Waals surface area contributed by atoms with Crippen LogP contribution in [0.1, 0.15) is 29.0 Å². The van der Waals surface area contributed by atoms with Gasteiger partial charge in [-0.25, -0.2) is 0 Å². The molecule has 0 saturated carbocycles. The van der Waals surface area contributed by atoms with Crippen molar-refractivity contribution >= 4 is 23.2 Å². The largest absolute Gasteiger partial charge is 0.330 e. The number of aryl methyl sites for hydroxylation is 1. The molecule has 0 aliphatic rings. The molecule has 2 N–H and O–H groups in total. The highest BCUT2D eigenvalue weighted by Gasteiger charge is 2.14. The van der Waals surface area contributed by atoms with Crippen LogP contribution in [0.3, 0.4) is 0 Å². The van der Waals surface area contributed by atoms with E-state index in [4.69, 9.17) is 28.9 Å². The summed E-state index contributed by atoms with van der Waals surface area (Å²) in [6, 6.07) is 14.3. The monoisotopic (exact) mass is 293 g/mol. The Kier molecular flexibility index (Phi) is 4.87. The van der Waals surface area contributed by atoms with Crippen molar-refractivity contribution in [3.63, 3.8) is 0 Å². The first-order valence-corrected chi connectivity index (χ1v) is 7.09. The van der Waals surface area contributed by atoms with Crippen molar-refractivity contribution in [2.24, 2.45) is 5.73 Å². The highest BCUT2D eigenvalue weighted by molar-refractivity contribution is 6.42. The maximum atomic E-state index is 6.11. The second kappa shape index (κ2) is 6.42. The number of benzene rings is 2. The van der Waals surface area contributed by atoms with Gasteiger partial charge in [0.1, 0.15) is 0 Å². The summed E-state index contributed by atoms with van der Waals surface area (Å²) >= 11 is 12.1. The summed E-state index contributed by atoms with van der Waals surface area (Å²) in [6.45, 7) is 2.72. The highest BCUT2D eigenvalue weighted by Crippen LogP contribution is 2.32. The third kappa shape index (κ3) is 3.50. The SMILES string of the molecule is Cc1ccc(C(CCN)c2ccc(Cl)c(Cl)c2)cc1. The minimum atomic E-state index is 0.264. The van der Waals surface area contributed by atoms with E-state index in [-0.39, 0.29) is 5.92 Å². The smallest absolute Gasteiger partial charge is 0.0595 e. The first kappa shape index (κ1) is 14.4. The second-order valence-electron chi connectivity index (χ2n) is 4.71. The molecule has 0 heterocycles. The molecule has 0 radical (unpaired) electrons.